The van der Waals surface area contributed by atoms with E-state index in [2.05, 4.69) is 20.7 Å². The lowest BCUT2D eigenvalue weighted by atomic mass is 10.2. The highest BCUT2D eigenvalue weighted by Gasteiger charge is 2.18. The number of rotatable bonds is 5. The monoisotopic (exact) mass is 321 g/mol. The molecule has 1 unspecified atom stereocenters. The maximum Gasteiger partial charge on any atom is 0.241 e. The Hall–Kier alpha value is -0.430. The Bertz CT molecular complexity index is 487. The van der Waals surface area contributed by atoms with Crippen LogP contribution < -0.4 is 4.72 Å². The van der Waals surface area contributed by atoms with E-state index < -0.39 is 16.1 Å². The maximum atomic E-state index is 11.9. The van der Waals surface area contributed by atoms with Gasteiger partial charge in [0.1, 0.15) is 0 Å². The molecular formula is C11H16BrNO3S. The summed E-state index contributed by atoms with van der Waals surface area (Å²) >= 11 is 3.23. The maximum absolute atomic E-state index is 11.9. The lowest BCUT2D eigenvalue weighted by Gasteiger charge is -2.11. The molecule has 0 bridgehead atoms. The minimum absolute atomic E-state index is 0.0269. The van der Waals surface area contributed by atoms with E-state index in [9.17, 15) is 13.5 Å². The smallest absolute Gasteiger partial charge is 0.241 e. The number of aryl methyl sites for hydroxylation is 1. The van der Waals surface area contributed by atoms with Gasteiger partial charge in [0.15, 0.2) is 0 Å². The van der Waals surface area contributed by atoms with Crippen molar-refractivity contribution in [2.75, 3.05) is 6.54 Å². The fourth-order valence-corrected chi connectivity index (χ4v) is 3.51. The standard InChI is InChI=1S/C11H16BrNO3S/c1-3-9(14)7-13-17(15,16)11-5-4-8(2)6-10(11)12/h4-6,9,13-14H,3,7H2,1-2H3. The van der Waals surface area contributed by atoms with Gasteiger partial charge in [-0.1, -0.05) is 13.0 Å². The Morgan fingerprint density at radius 1 is 1.47 bits per heavy atom. The van der Waals surface area contributed by atoms with Crippen LogP contribution in [0.4, 0.5) is 0 Å². The molecule has 1 atom stereocenters. The fraction of sp³-hybridized carbons (Fsp3) is 0.455. The van der Waals surface area contributed by atoms with Crippen LogP contribution in [0.5, 0.6) is 0 Å². The highest BCUT2D eigenvalue weighted by Crippen LogP contribution is 2.22. The summed E-state index contributed by atoms with van der Waals surface area (Å²) < 4.78 is 26.8. The van der Waals surface area contributed by atoms with E-state index in [0.29, 0.717) is 10.9 Å². The molecule has 0 aromatic heterocycles. The summed E-state index contributed by atoms with van der Waals surface area (Å²) in [7, 11) is -3.57. The minimum Gasteiger partial charge on any atom is -0.392 e. The van der Waals surface area contributed by atoms with Crippen LogP contribution in [0.25, 0.3) is 0 Å². The van der Waals surface area contributed by atoms with Crippen LogP contribution in [0.3, 0.4) is 0 Å². The van der Waals surface area contributed by atoms with E-state index in [1.807, 2.05) is 6.92 Å². The van der Waals surface area contributed by atoms with Crippen molar-refractivity contribution in [2.24, 2.45) is 0 Å². The van der Waals surface area contributed by atoms with Gasteiger partial charge in [0.05, 0.1) is 11.0 Å². The van der Waals surface area contributed by atoms with E-state index in [4.69, 9.17) is 0 Å². The SMILES string of the molecule is CCC(O)CNS(=O)(=O)c1ccc(C)cc1Br. The number of sulfonamides is 1. The summed E-state index contributed by atoms with van der Waals surface area (Å²) in [6, 6.07) is 5.01. The minimum atomic E-state index is -3.57. The molecule has 6 heteroatoms. The molecule has 0 spiro atoms. The third-order valence-corrected chi connectivity index (χ3v) is 4.76. The van der Waals surface area contributed by atoms with Crippen molar-refractivity contribution in [3.63, 3.8) is 0 Å². The summed E-state index contributed by atoms with van der Waals surface area (Å²) in [5, 5.41) is 9.34. The van der Waals surface area contributed by atoms with Gasteiger partial charge in [-0.05, 0) is 47.0 Å². The molecule has 0 aliphatic carbocycles. The van der Waals surface area contributed by atoms with Crippen molar-refractivity contribution in [1.82, 2.24) is 4.72 Å². The topological polar surface area (TPSA) is 66.4 Å². The number of halogens is 1. The van der Waals surface area contributed by atoms with Gasteiger partial charge in [0.2, 0.25) is 10.0 Å². The first-order chi connectivity index (χ1) is 7.86. The number of benzene rings is 1. The zero-order valence-electron chi connectivity index (χ0n) is 9.77. The summed E-state index contributed by atoms with van der Waals surface area (Å²) in [5.74, 6) is 0. The molecule has 0 heterocycles. The normalized spacial score (nSPS) is 13.6. The summed E-state index contributed by atoms with van der Waals surface area (Å²) in [6.07, 6.45) is -0.147. The van der Waals surface area contributed by atoms with Crippen LogP contribution in [0.2, 0.25) is 0 Å². The first kappa shape index (κ1) is 14.6. The first-order valence-electron chi connectivity index (χ1n) is 5.30. The van der Waals surface area contributed by atoms with Crippen molar-refractivity contribution in [3.8, 4) is 0 Å². The molecule has 0 amide bonds. The van der Waals surface area contributed by atoms with Gasteiger partial charge in [0.25, 0.3) is 0 Å². The molecule has 1 aromatic carbocycles. The molecule has 0 aliphatic heterocycles. The number of hydrogen-bond donors (Lipinski definition) is 2. The van der Waals surface area contributed by atoms with Crippen LogP contribution >= 0.6 is 15.9 Å². The number of hydrogen-bond acceptors (Lipinski definition) is 3. The van der Waals surface area contributed by atoms with E-state index in [1.165, 1.54) is 0 Å². The van der Waals surface area contributed by atoms with Crippen molar-refractivity contribution in [1.29, 1.82) is 0 Å². The zero-order chi connectivity index (χ0) is 13.1. The van der Waals surface area contributed by atoms with Gasteiger partial charge in [-0.25, -0.2) is 13.1 Å². The number of nitrogens with one attached hydrogen (secondary N) is 1. The predicted molar refractivity (Wildman–Crippen MR) is 70.4 cm³/mol. The van der Waals surface area contributed by atoms with Gasteiger partial charge in [-0.15, -0.1) is 0 Å². The lowest BCUT2D eigenvalue weighted by molar-refractivity contribution is 0.174. The fourth-order valence-electron chi connectivity index (χ4n) is 1.25. The predicted octanol–water partition coefficient (Wildman–Crippen LogP) is 1.81. The Kier molecular flexibility index (Phi) is 5.12. The second-order valence-electron chi connectivity index (χ2n) is 3.85. The first-order valence-corrected chi connectivity index (χ1v) is 7.58. The van der Waals surface area contributed by atoms with Gasteiger partial charge in [0, 0.05) is 11.0 Å². The molecule has 2 N–H and O–H groups in total. The van der Waals surface area contributed by atoms with Crippen molar-refractivity contribution in [3.05, 3.63) is 28.2 Å². The third-order valence-electron chi connectivity index (χ3n) is 2.36. The van der Waals surface area contributed by atoms with Gasteiger partial charge in [-0.3, -0.25) is 0 Å². The van der Waals surface area contributed by atoms with Crippen molar-refractivity contribution < 1.29 is 13.5 Å². The second kappa shape index (κ2) is 5.95. The molecule has 1 aromatic rings. The summed E-state index contributed by atoms with van der Waals surface area (Å²) in [4.78, 5) is 0.186. The van der Waals surface area contributed by atoms with Crippen LogP contribution in [-0.2, 0) is 10.0 Å². The van der Waals surface area contributed by atoms with E-state index in [1.54, 1.807) is 25.1 Å². The molecule has 0 aliphatic rings. The molecule has 96 valence electrons. The molecule has 0 fully saturated rings. The lowest BCUT2D eigenvalue weighted by Crippen LogP contribution is -2.32. The largest absolute Gasteiger partial charge is 0.392 e. The average molecular weight is 322 g/mol. The zero-order valence-corrected chi connectivity index (χ0v) is 12.2. The third kappa shape index (κ3) is 4.06. The van der Waals surface area contributed by atoms with E-state index >= 15 is 0 Å². The highest BCUT2D eigenvalue weighted by atomic mass is 79.9. The van der Waals surface area contributed by atoms with Crippen molar-refractivity contribution in [2.45, 2.75) is 31.3 Å². The van der Waals surface area contributed by atoms with Gasteiger partial charge >= 0.3 is 0 Å². The summed E-state index contributed by atoms with van der Waals surface area (Å²) in [5.41, 5.74) is 0.976. The van der Waals surface area contributed by atoms with Crippen LogP contribution in [0.1, 0.15) is 18.9 Å². The number of aliphatic hydroxyl groups excluding tert-OH is 1. The molecule has 1 rings (SSSR count). The van der Waals surface area contributed by atoms with Gasteiger partial charge in [-0.2, -0.15) is 0 Å². The highest BCUT2D eigenvalue weighted by molar-refractivity contribution is 9.10. The van der Waals surface area contributed by atoms with Crippen molar-refractivity contribution >= 4 is 26.0 Å². The molecule has 17 heavy (non-hydrogen) atoms. The molecule has 0 radical (unpaired) electrons. The molecular weight excluding hydrogens is 306 g/mol. The Balaban J connectivity index is 2.90. The molecule has 0 saturated carbocycles. The average Bonchev–Trinajstić information content (AvgIpc) is 2.25. The van der Waals surface area contributed by atoms with Crippen LogP contribution in [-0.4, -0.2) is 26.2 Å². The van der Waals surface area contributed by atoms with E-state index in [-0.39, 0.29) is 11.4 Å². The quantitative estimate of drug-likeness (QED) is 0.869. The second-order valence-corrected chi connectivity index (χ2v) is 6.44. The number of aliphatic hydroxyl groups is 1. The Morgan fingerprint density at radius 3 is 2.65 bits per heavy atom. The Labute approximate surface area is 110 Å². The molecule has 4 nitrogen and oxygen atoms in total. The summed E-state index contributed by atoms with van der Waals surface area (Å²) in [6.45, 7) is 3.70. The Morgan fingerprint density at radius 2 is 2.12 bits per heavy atom. The van der Waals surface area contributed by atoms with Gasteiger partial charge < -0.3 is 5.11 Å². The van der Waals surface area contributed by atoms with Crippen LogP contribution in [0.15, 0.2) is 27.6 Å². The van der Waals surface area contributed by atoms with E-state index in [0.717, 1.165) is 5.56 Å². The van der Waals surface area contributed by atoms with Crippen LogP contribution in [0, 0.1) is 6.92 Å². The molecule has 0 saturated heterocycles.